The van der Waals surface area contributed by atoms with Crippen LogP contribution in [0.2, 0.25) is 0 Å². The predicted molar refractivity (Wildman–Crippen MR) is 78.9 cm³/mol. The summed E-state index contributed by atoms with van der Waals surface area (Å²) in [5.41, 5.74) is -0.0590. The fourth-order valence-corrected chi connectivity index (χ4v) is 2.88. The highest BCUT2D eigenvalue weighted by Crippen LogP contribution is 2.11. The van der Waals surface area contributed by atoms with Crippen molar-refractivity contribution in [3.8, 4) is 0 Å². The SMILES string of the molecule is O=C(c1c[nH]c(=O)[nH]1)N1CCCO[C@H](CN2CCOCC2)C1. The van der Waals surface area contributed by atoms with E-state index in [0.29, 0.717) is 25.4 Å². The predicted octanol–water partition coefficient (Wildman–Crippen LogP) is -0.734. The first kappa shape index (κ1) is 15.3. The number of H-pyrrole nitrogens is 2. The summed E-state index contributed by atoms with van der Waals surface area (Å²) in [6.07, 6.45) is 2.23. The number of morpholine rings is 1. The van der Waals surface area contributed by atoms with Gasteiger partial charge in [0.15, 0.2) is 0 Å². The number of carbonyl (C=O) groups excluding carboxylic acids is 1. The molecular formula is C14H22N4O4. The number of carbonyl (C=O) groups is 1. The van der Waals surface area contributed by atoms with Crippen molar-refractivity contribution in [2.24, 2.45) is 0 Å². The number of hydrogen-bond acceptors (Lipinski definition) is 5. The Morgan fingerprint density at radius 2 is 2.09 bits per heavy atom. The lowest BCUT2D eigenvalue weighted by Gasteiger charge is -2.31. The average Bonchev–Trinajstić information content (AvgIpc) is 2.83. The van der Waals surface area contributed by atoms with Crippen molar-refractivity contribution in [1.29, 1.82) is 0 Å². The molecule has 8 heteroatoms. The smallest absolute Gasteiger partial charge is 0.323 e. The molecular weight excluding hydrogens is 288 g/mol. The van der Waals surface area contributed by atoms with E-state index in [-0.39, 0.29) is 17.7 Å². The molecule has 0 unspecified atom stereocenters. The second-order valence-electron chi connectivity index (χ2n) is 5.67. The van der Waals surface area contributed by atoms with Crippen LogP contribution < -0.4 is 5.69 Å². The monoisotopic (exact) mass is 310 g/mol. The molecule has 2 aliphatic heterocycles. The van der Waals surface area contributed by atoms with Gasteiger partial charge in [-0.3, -0.25) is 9.69 Å². The number of nitrogens with one attached hydrogen (secondary N) is 2. The number of aromatic nitrogens is 2. The molecule has 1 amide bonds. The maximum Gasteiger partial charge on any atom is 0.323 e. The van der Waals surface area contributed by atoms with Crippen molar-refractivity contribution in [3.63, 3.8) is 0 Å². The molecule has 1 atom stereocenters. The number of hydrogen-bond donors (Lipinski definition) is 2. The Bertz CT molecular complexity index is 549. The minimum absolute atomic E-state index is 0.00443. The first-order valence-electron chi connectivity index (χ1n) is 7.71. The first-order chi connectivity index (χ1) is 10.7. The van der Waals surface area contributed by atoms with Crippen LogP contribution in [0.3, 0.4) is 0 Å². The zero-order valence-corrected chi connectivity index (χ0v) is 12.5. The largest absolute Gasteiger partial charge is 0.379 e. The summed E-state index contributed by atoms with van der Waals surface area (Å²) in [6, 6.07) is 0. The Kier molecular flexibility index (Phi) is 4.91. The lowest BCUT2D eigenvalue weighted by atomic mass is 10.2. The molecule has 8 nitrogen and oxygen atoms in total. The van der Waals surface area contributed by atoms with Crippen LogP contribution in [0.4, 0.5) is 0 Å². The second-order valence-corrected chi connectivity index (χ2v) is 5.67. The van der Waals surface area contributed by atoms with Crippen molar-refractivity contribution in [1.82, 2.24) is 19.8 Å². The van der Waals surface area contributed by atoms with Gasteiger partial charge in [-0.05, 0) is 6.42 Å². The van der Waals surface area contributed by atoms with Crippen LogP contribution in [0.5, 0.6) is 0 Å². The number of imidazole rings is 1. The maximum absolute atomic E-state index is 12.5. The van der Waals surface area contributed by atoms with Gasteiger partial charge < -0.3 is 24.3 Å². The van der Waals surface area contributed by atoms with Crippen LogP contribution in [0, 0.1) is 0 Å². The molecule has 2 N–H and O–H groups in total. The molecule has 122 valence electrons. The second kappa shape index (κ2) is 7.08. The minimum Gasteiger partial charge on any atom is -0.379 e. The molecule has 0 aromatic carbocycles. The Labute approximate surface area is 128 Å². The highest BCUT2D eigenvalue weighted by atomic mass is 16.5. The number of amides is 1. The fraction of sp³-hybridized carbons (Fsp3) is 0.714. The zero-order valence-electron chi connectivity index (χ0n) is 12.5. The normalized spacial score (nSPS) is 24.2. The lowest BCUT2D eigenvalue weighted by Crippen LogP contribution is -2.46. The molecule has 0 spiro atoms. The van der Waals surface area contributed by atoms with Gasteiger partial charge in [0.2, 0.25) is 0 Å². The van der Waals surface area contributed by atoms with Crippen LogP contribution in [-0.4, -0.2) is 84.3 Å². The molecule has 0 radical (unpaired) electrons. The number of aromatic amines is 2. The number of nitrogens with zero attached hydrogens (tertiary/aromatic N) is 2. The molecule has 1 aromatic heterocycles. The van der Waals surface area contributed by atoms with Crippen molar-refractivity contribution < 1.29 is 14.3 Å². The third-order valence-electron chi connectivity index (χ3n) is 4.03. The van der Waals surface area contributed by atoms with Crippen molar-refractivity contribution in [3.05, 3.63) is 22.4 Å². The van der Waals surface area contributed by atoms with Crippen molar-refractivity contribution in [2.75, 3.05) is 52.5 Å². The third kappa shape index (κ3) is 3.76. The van der Waals surface area contributed by atoms with Crippen molar-refractivity contribution >= 4 is 5.91 Å². The van der Waals surface area contributed by atoms with Gasteiger partial charge in [-0.25, -0.2) is 4.79 Å². The molecule has 3 rings (SSSR count). The van der Waals surface area contributed by atoms with E-state index in [9.17, 15) is 9.59 Å². The highest BCUT2D eigenvalue weighted by Gasteiger charge is 2.26. The molecule has 22 heavy (non-hydrogen) atoms. The molecule has 3 heterocycles. The van der Waals surface area contributed by atoms with Gasteiger partial charge in [0.25, 0.3) is 5.91 Å². The van der Waals surface area contributed by atoms with E-state index >= 15 is 0 Å². The van der Waals surface area contributed by atoms with E-state index in [4.69, 9.17) is 9.47 Å². The molecule has 2 saturated heterocycles. The van der Waals surface area contributed by atoms with Crippen LogP contribution in [0.25, 0.3) is 0 Å². The zero-order chi connectivity index (χ0) is 15.4. The summed E-state index contributed by atoms with van der Waals surface area (Å²) in [7, 11) is 0. The highest BCUT2D eigenvalue weighted by molar-refractivity contribution is 5.92. The Balaban J connectivity index is 1.61. The number of ether oxygens (including phenoxy) is 2. The van der Waals surface area contributed by atoms with Gasteiger partial charge in [0.1, 0.15) is 5.69 Å². The summed E-state index contributed by atoms with van der Waals surface area (Å²) in [5, 5.41) is 0. The summed E-state index contributed by atoms with van der Waals surface area (Å²) >= 11 is 0. The van der Waals surface area contributed by atoms with Gasteiger partial charge in [-0.1, -0.05) is 0 Å². The van der Waals surface area contributed by atoms with Gasteiger partial charge in [-0.2, -0.15) is 0 Å². The van der Waals surface area contributed by atoms with E-state index in [1.807, 2.05) is 0 Å². The molecule has 1 aromatic rings. The van der Waals surface area contributed by atoms with Crippen LogP contribution in [0.1, 0.15) is 16.9 Å². The molecule has 2 fully saturated rings. The minimum atomic E-state index is -0.362. The molecule has 0 bridgehead atoms. The average molecular weight is 310 g/mol. The molecule has 0 saturated carbocycles. The Hall–Kier alpha value is -1.64. The van der Waals surface area contributed by atoms with E-state index in [1.54, 1.807) is 4.90 Å². The van der Waals surface area contributed by atoms with Gasteiger partial charge in [-0.15, -0.1) is 0 Å². The standard InChI is InChI=1S/C14H22N4O4/c19-13(12-8-15-14(20)16-12)18-2-1-5-22-11(10-18)9-17-3-6-21-7-4-17/h8,11H,1-7,9-10H2,(H2,15,16,20)/t11-/m1/s1. The molecule has 2 aliphatic rings. The maximum atomic E-state index is 12.5. The summed E-state index contributed by atoms with van der Waals surface area (Å²) in [6.45, 7) is 5.95. The fourth-order valence-electron chi connectivity index (χ4n) is 2.88. The van der Waals surface area contributed by atoms with Crippen LogP contribution in [-0.2, 0) is 9.47 Å². The summed E-state index contributed by atoms with van der Waals surface area (Å²) in [4.78, 5) is 32.7. The van der Waals surface area contributed by atoms with Gasteiger partial charge >= 0.3 is 5.69 Å². The van der Waals surface area contributed by atoms with Gasteiger partial charge in [0, 0.05) is 45.5 Å². The Morgan fingerprint density at radius 1 is 1.27 bits per heavy atom. The van der Waals surface area contributed by atoms with Crippen molar-refractivity contribution in [2.45, 2.75) is 12.5 Å². The number of rotatable bonds is 3. The third-order valence-corrected chi connectivity index (χ3v) is 4.03. The van der Waals surface area contributed by atoms with Crippen LogP contribution >= 0.6 is 0 Å². The van der Waals surface area contributed by atoms with E-state index < -0.39 is 0 Å². The van der Waals surface area contributed by atoms with E-state index in [0.717, 1.165) is 39.3 Å². The van der Waals surface area contributed by atoms with Gasteiger partial charge in [0.05, 0.1) is 19.3 Å². The summed E-state index contributed by atoms with van der Waals surface area (Å²) in [5.74, 6) is -0.157. The van der Waals surface area contributed by atoms with Crippen LogP contribution in [0.15, 0.2) is 11.0 Å². The first-order valence-corrected chi connectivity index (χ1v) is 7.71. The lowest BCUT2D eigenvalue weighted by molar-refractivity contribution is -0.0112. The molecule has 0 aliphatic carbocycles. The van der Waals surface area contributed by atoms with E-state index in [1.165, 1.54) is 6.20 Å². The topological polar surface area (TPSA) is 90.7 Å². The summed E-state index contributed by atoms with van der Waals surface area (Å²) < 4.78 is 11.2. The Morgan fingerprint density at radius 3 is 2.82 bits per heavy atom. The quantitative estimate of drug-likeness (QED) is 0.768. The van der Waals surface area contributed by atoms with E-state index in [2.05, 4.69) is 14.9 Å².